The summed E-state index contributed by atoms with van der Waals surface area (Å²) in [4.78, 5) is 23.4. The summed E-state index contributed by atoms with van der Waals surface area (Å²) in [5.74, 6) is 1.06. The Morgan fingerprint density at radius 2 is 2.09 bits per heavy atom. The zero-order valence-electron chi connectivity index (χ0n) is 13.4. The molecule has 4 rings (SSSR count). The van der Waals surface area contributed by atoms with Gasteiger partial charge >= 0.3 is 0 Å². The standard InChI is InChI=1S/C17H25N5O/c23-17(16-13-5-1-2-6-15(13)20-21-16)22-9-3-4-12(10-22)14-7-8-18-11-19-14/h7-8,11-13,15-16,20-21H,1-6,9-10H2. The first-order valence-corrected chi connectivity index (χ1v) is 8.88. The molecule has 3 heterocycles. The monoisotopic (exact) mass is 315 g/mol. The van der Waals surface area contributed by atoms with Crippen LogP contribution >= 0.6 is 0 Å². The van der Waals surface area contributed by atoms with Crippen LogP contribution in [0.15, 0.2) is 18.6 Å². The van der Waals surface area contributed by atoms with Crippen molar-refractivity contribution in [2.75, 3.05) is 13.1 Å². The van der Waals surface area contributed by atoms with Crippen LogP contribution in [0.4, 0.5) is 0 Å². The van der Waals surface area contributed by atoms with Crippen LogP contribution in [0.1, 0.15) is 50.1 Å². The van der Waals surface area contributed by atoms with Crippen molar-refractivity contribution in [3.63, 3.8) is 0 Å². The molecule has 4 unspecified atom stereocenters. The van der Waals surface area contributed by atoms with Crippen molar-refractivity contribution in [1.29, 1.82) is 0 Å². The molecule has 0 aromatic carbocycles. The highest BCUT2D eigenvalue weighted by molar-refractivity contribution is 5.83. The van der Waals surface area contributed by atoms with Gasteiger partial charge in [-0.15, -0.1) is 0 Å². The van der Waals surface area contributed by atoms with Crippen molar-refractivity contribution < 1.29 is 4.79 Å². The minimum Gasteiger partial charge on any atom is -0.341 e. The molecule has 1 aromatic rings. The third kappa shape index (κ3) is 2.97. The number of carbonyl (C=O) groups excluding carboxylic acids is 1. The van der Waals surface area contributed by atoms with E-state index < -0.39 is 0 Å². The van der Waals surface area contributed by atoms with Gasteiger partial charge in [-0.3, -0.25) is 10.2 Å². The van der Waals surface area contributed by atoms with Crippen LogP contribution in [0.2, 0.25) is 0 Å². The molecule has 1 amide bonds. The number of aromatic nitrogens is 2. The highest BCUT2D eigenvalue weighted by Crippen LogP contribution is 2.32. The van der Waals surface area contributed by atoms with Crippen LogP contribution in [0.3, 0.4) is 0 Å². The first-order valence-electron chi connectivity index (χ1n) is 8.88. The lowest BCUT2D eigenvalue weighted by molar-refractivity contribution is -0.135. The lowest BCUT2D eigenvalue weighted by Crippen LogP contribution is -2.50. The molecule has 2 N–H and O–H groups in total. The number of hydrogen-bond acceptors (Lipinski definition) is 5. The van der Waals surface area contributed by atoms with E-state index in [1.165, 1.54) is 19.3 Å². The third-order valence-corrected chi connectivity index (χ3v) is 5.69. The topological polar surface area (TPSA) is 70.2 Å². The van der Waals surface area contributed by atoms with Crippen molar-refractivity contribution >= 4 is 5.91 Å². The summed E-state index contributed by atoms with van der Waals surface area (Å²) in [6.45, 7) is 1.65. The van der Waals surface area contributed by atoms with Crippen molar-refractivity contribution in [1.82, 2.24) is 25.7 Å². The first kappa shape index (κ1) is 15.0. The van der Waals surface area contributed by atoms with Crippen LogP contribution < -0.4 is 10.9 Å². The van der Waals surface area contributed by atoms with E-state index in [2.05, 4.69) is 20.8 Å². The summed E-state index contributed by atoms with van der Waals surface area (Å²) in [5, 5.41) is 0. The molecule has 2 aliphatic heterocycles. The average Bonchev–Trinajstić information content (AvgIpc) is 3.06. The largest absolute Gasteiger partial charge is 0.341 e. The Hall–Kier alpha value is -1.53. The predicted octanol–water partition coefficient (Wildman–Crippen LogP) is 1.22. The zero-order chi connectivity index (χ0) is 15.6. The SMILES string of the molecule is O=C(C1NNC2CCCCC21)N1CCCC(c2ccncn2)C1. The molecule has 2 saturated heterocycles. The Balaban J connectivity index is 1.44. The Morgan fingerprint density at radius 3 is 2.96 bits per heavy atom. The minimum absolute atomic E-state index is 0.0514. The molecule has 1 aromatic heterocycles. The molecule has 0 spiro atoms. The number of nitrogens with one attached hydrogen (secondary N) is 2. The van der Waals surface area contributed by atoms with Gasteiger partial charge in [0.15, 0.2) is 0 Å². The fourth-order valence-electron chi connectivity index (χ4n) is 4.44. The number of likely N-dealkylation sites (tertiary alicyclic amines) is 1. The smallest absolute Gasteiger partial charge is 0.241 e. The van der Waals surface area contributed by atoms with Crippen LogP contribution in [0.5, 0.6) is 0 Å². The van der Waals surface area contributed by atoms with Crippen LogP contribution in [-0.4, -0.2) is 45.9 Å². The average molecular weight is 315 g/mol. The van der Waals surface area contributed by atoms with Gasteiger partial charge in [0.1, 0.15) is 12.4 Å². The van der Waals surface area contributed by atoms with E-state index >= 15 is 0 Å². The summed E-state index contributed by atoms with van der Waals surface area (Å²) in [6, 6.07) is 2.40. The fourth-order valence-corrected chi connectivity index (χ4v) is 4.44. The lowest BCUT2D eigenvalue weighted by Gasteiger charge is -2.35. The Labute approximate surface area is 137 Å². The summed E-state index contributed by atoms with van der Waals surface area (Å²) in [6.07, 6.45) is 10.4. The highest BCUT2D eigenvalue weighted by Gasteiger charge is 2.43. The Morgan fingerprint density at radius 1 is 1.17 bits per heavy atom. The van der Waals surface area contributed by atoms with Gasteiger partial charge in [-0.1, -0.05) is 12.8 Å². The molecule has 3 fully saturated rings. The van der Waals surface area contributed by atoms with Gasteiger partial charge in [0.25, 0.3) is 0 Å². The van der Waals surface area contributed by atoms with E-state index in [-0.39, 0.29) is 11.9 Å². The van der Waals surface area contributed by atoms with Gasteiger partial charge in [-0.2, -0.15) is 0 Å². The van der Waals surface area contributed by atoms with E-state index in [4.69, 9.17) is 0 Å². The van der Waals surface area contributed by atoms with Gasteiger partial charge in [-0.25, -0.2) is 15.4 Å². The molecular formula is C17H25N5O. The highest BCUT2D eigenvalue weighted by atomic mass is 16.2. The molecule has 124 valence electrons. The molecule has 6 nitrogen and oxygen atoms in total. The van der Waals surface area contributed by atoms with Gasteiger partial charge in [0.05, 0.1) is 0 Å². The van der Waals surface area contributed by atoms with Crippen LogP contribution in [0, 0.1) is 5.92 Å². The van der Waals surface area contributed by atoms with Gasteiger partial charge in [0, 0.05) is 42.9 Å². The van der Waals surface area contributed by atoms with Crippen molar-refractivity contribution in [3.8, 4) is 0 Å². The number of nitrogens with zero attached hydrogens (tertiary/aromatic N) is 3. The molecule has 1 aliphatic carbocycles. The number of rotatable bonds is 2. The number of hydrogen-bond donors (Lipinski definition) is 2. The maximum Gasteiger partial charge on any atom is 0.241 e. The van der Waals surface area contributed by atoms with Gasteiger partial charge < -0.3 is 4.90 Å². The number of fused-ring (bicyclic) bond motifs is 1. The summed E-state index contributed by atoms with van der Waals surface area (Å²) in [5.41, 5.74) is 7.70. The van der Waals surface area contributed by atoms with Crippen molar-refractivity contribution in [2.24, 2.45) is 5.92 Å². The van der Waals surface area contributed by atoms with Crippen molar-refractivity contribution in [3.05, 3.63) is 24.3 Å². The molecule has 0 radical (unpaired) electrons. The fraction of sp³-hybridized carbons (Fsp3) is 0.706. The second-order valence-corrected chi connectivity index (χ2v) is 7.08. The Kier molecular flexibility index (Phi) is 4.27. The van der Waals surface area contributed by atoms with Crippen LogP contribution in [-0.2, 0) is 4.79 Å². The Bertz CT molecular complexity index is 551. The summed E-state index contributed by atoms with van der Waals surface area (Å²) >= 11 is 0. The molecule has 0 bridgehead atoms. The maximum absolute atomic E-state index is 13.0. The molecule has 4 atom stereocenters. The van der Waals surface area contributed by atoms with Crippen molar-refractivity contribution in [2.45, 2.75) is 56.5 Å². The van der Waals surface area contributed by atoms with E-state index in [1.807, 2.05) is 11.0 Å². The molecule has 6 heteroatoms. The normalized spacial score (nSPS) is 34.2. The van der Waals surface area contributed by atoms with Gasteiger partial charge in [0.2, 0.25) is 5.91 Å². The predicted molar refractivity (Wildman–Crippen MR) is 86.4 cm³/mol. The maximum atomic E-state index is 13.0. The van der Waals surface area contributed by atoms with E-state index in [1.54, 1.807) is 12.5 Å². The molecule has 3 aliphatic rings. The first-order chi connectivity index (χ1) is 11.3. The summed E-state index contributed by atoms with van der Waals surface area (Å²) < 4.78 is 0. The number of carbonyl (C=O) groups is 1. The number of amides is 1. The van der Waals surface area contributed by atoms with E-state index in [9.17, 15) is 4.79 Å². The second kappa shape index (κ2) is 6.53. The number of hydrazine groups is 1. The van der Waals surface area contributed by atoms with E-state index in [0.717, 1.165) is 38.0 Å². The molecular weight excluding hydrogens is 290 g/mol. The van der Waals surface area contributed by atoms with E-state index in [0.29, 0.717) is 17.9 Å². The zero-order valence-corrected chi connectivity index (χ0v) is 13.4. The molecule has 23 heavy (non-hydrogen) atoms. The minimum atomic E-state index is -0.0514. The van der Waals surface area contributed by atoms with Crippen LogP contribution in [0.25, 0.3) is 0 Å². The summed E-state index contributed by atoms with van der Waals surface area (Å²) in [7, 11) is 0. The van der Waals surface area contributed by atoms with Gasteiger partial charge in [-0.05, 0) is 31.7 Å². The molecule has 1 saturated carbocycles. The second-order valence-electron chi connectivity index (χ2n) is 7.08. The third-order valence-electron chi connectivity index (χ3n) is 5.69. The number of piperidine rings is 1. The quantitative estimate of drug-likeness (QED) is 0.859. The lowest BCUT2D eigenvalue weighted by atomic mass is 9.81.